The Morgan fingerprint density at radius 2 is 1.82 bits per heavy atom. The highest BCUT2D eigenvalue weighted by molar-refractivity contribution is 7.89. The number of methoxy groups -OCH3 is 2. The predicted octanol–water partition coefficient (Wildman–Crippen LogP) is 3.15. The summed E-state index contributed by atoms with van der Waals surface area (Å²) in [7, 11) is 0.952. The summed E-state index contributed by atoms with van der Waals surface area (Å²) >= 11 is 1.53. The zero-order valence-electron chi connectivity index (χ0n) is 12.9. The molecule has 0 radical (unpaired) electrons. The SMILES string of the molecule is COc1ccc(S(=O)(=O)N(C)[C@@H](C)c2cccs2)cc1OC. The fourth-order valence-corrected chi connectivity index (χ4v) is 4.31. The van der Waals surface area contributed by atoms with E-state index in [-0.39, 0.29) is 10.9 Å². The lowest BCUT2D eigenvalue weighted by molar-refractivity contribution is 0.353. The van der Waals surface area contributed by atoms with Crippen LogP contribution in [0.1, 0.15) is 17.8 Å². The van der Waals surface area contributed by atoms with Gasteiger partial charge in [0.05, 0.1) is 25.2 Å². The second kappa shape index (κ2) is 6.68. The van der Waals surface area contributed by atoms with Crippen LogP contribution in [-0.4, -0.2) is 34.0 Å². The lowest BCUT2D eigenvalue weighted by Gasteiger charge is -2.23. The number of hydrogen-bond acceptors (Lipinski definition) is 5. The Morgan fingerprint density at radius 3 is 2.36 bits per heavy atom. The molecule has 0 bridgehead atoms. The Bertz CT molecular complexity index is 726. The van der Waals surface area contributed by atoms with E-state index >= 15 is 0 Å². The number of rotatable bonds is 6. The first kappa shape index (κ1) is 16.8. The van der Waals surface area contributed by atoms with E-state index in [2.05, 4.69) is 0 Å². The summed E-state index contributed by atoms with van der Waals surface area (Å²) in [6.07, 6.45) is 0. The number of hydrogen-bond donors (Lipinski definition) is 0. The Morgan fingerprint density at radius 1 is 1.14 bits per heavy atom. The summed E-state index contributed by atoms with van der Waals surface area (Å²) < 4.78 is 37.2. The predicted molar refractivity (Wildman–Crippen MR) is 87.2 cm³/mol. The first-order valence-electron chi connectivity index (χ1n) is 6.65. The molecule has 2 rings (SSSR count). The van der Waals surface area contributed by atoms with E-state index < -0.39 is 10.0 Å². The molecule has 0 saturated heterocycles. The van der Waals surface area contributed by atoms with Gasteiger partial charge >= 0.3 is 0 Å². The fourth-order valence-electron chi connectivity index (χ4n) is 2.06. The van der Waals surface area contributed by atoms with Gasteiger partial charge in [-0.05, 0) is 30.5 Å². The van der Waals surface area contributed by atoms with Gasteiger partial charge in [-0.1, -0.05) is 6.07 Å². The number of sulfonamides is 1. The van der Waals surface area contributed by atoms with E-state index in [0.717, 1.165) is 4.88 Å². The van der Waals surface area contributed by atoms with Crippen LogP contribution in [0.5, 0.6) is 11.5 Å². The third-order valence-electron chi connectivity index (χ3n) is 3.53. The molecule has 120 valence electrons. The molecule has 0 aliphatic rings. The highest BCUT2D eigenvalue weighted by Gasteiger charge is 2.27. The van der Waals surface area contributed by atoms with Gasteiger partial charge in [-0.2, -0.15) is 4.31 Å². The van der Waals surface area contributed by atoms with Gasteiger partial charge in [0.15, 0.2) is 11.5 Å². The molecule has 1 atom stereocenters. The molecular formula is C15H19NO4S2. The summed E-state index contributed by atoms with van der Waals surface area (Å²) in [5, 5.41) is 1.93. The van der Waals surface area contributed by atoms with Crippen molar-refractivity contribution in [2.45, 2.75) is 17.9 Å². The topological polar surface area (TPSA) is 55.8 Å². The molecule has 5 nitrogen and oxygen atoms in total. The van der Waals surface area contributed by atoms with E-state index in [1.807, 2.05) is 24.4 Å². The molecule has 0 aliphatic heterocycles. The van der Waals surface area contributed by atoms with Crippen molar-refractivity contribution in [2.24, 2.45) is 0 Å². The van der Waals surface area contributed by atoms with Gasteiger partial charge in [0.2, 0.25) is 10.0 Å². The molecule has 0 unspecified atom stereocenters. The van der Waals surface area contributed by atoms with E-state index in [9.17, 15) is 8.42 Å². The van der Waals surface area contributed by atoms with Gasteiger partial charge in [0, 0.05) is 18.0 Å². The van der Waals surface area contributed by atoms with Crippen LogP contribution in [0.2, 0.25) is 0 Å². The number of ether oxygens (including phenoxy) is 2. The maximum Gasteiger partial charge on any atom is 0.243 e. The summed E-state index contributed by atoms with van der Waals surface area (Å²) in [6.45, 7) is 1.87. The van der Waals surface area contributed by atoms with Crippen LogP contribution < -0.4 is 9.47 Å². The van der Waals surface area contributed by atoms with E-state index in [4.69, 9.17) is 9.47 Å². The largest absolute Gasteiger partial charge is 0.493 e. The van der Waals surface area contributed by atoms with Crippen LogP contribution in [-0.2, 0) is 10.0 Å². The van der Waals surface area contributed by atoms with Gasteiger partial charge in [0.25, 0.3) is 0 Å². The second-order valence-electron chi connectivity index (χ2n) is 4.73. The third kappa shape index (κ3) is 3.11. The summed E-state index contributed by atoms with van der Waals surface area (Å²) in [4.78, 5) is 1.17. The Balaban J connectivity index is 2.37. The molecule has 0 saturated carbocycles. The van der Waals surface area contributed by atoms with Crippen LogP contribution >= 0.6 is 11.3 Å². The van der Waals surface area contributed by atoms with Gasteiger partial charge in [-0.25, -0.2) is 8.42 Å². The number of benzene rings is 1. The third-order valence-corrected chi connectivity index (χ3v) is 6.50. The van der Waals surface area contributed by atoms with Crippen molar-refractivity contribution in [2.75, 3.05) is 21.3 Å². The Kier molecular flexibility index (Phi) is 5.10. The molecule has 0 spiro atoms. The molecule has 0 N–H and O–H groups in total. The van der Waals surface area contributed by atoms with Crippen molar-refractivity contribution < 1.29 is 17.9 Å². The first-order valence-corrected chi connectivity index (χ1v) is 8.97. The van der Waals surface area contributed by atoms with Gasteiger partial charge in [-0.3, -0.25) is 0 Å². The van der Waals surface area contributed by atoms with E-state index in [1.54, 1.807) is 13.1 Å². The van der Waals surface area contributed by atoms with Crippen LogP contribution in [0, 0.1) is 0 Å². The first-order chi connectivity index (χ1) is 10.4. The molecule has 22 heavy (non-hydrogen) atoms. The van der Waals surface area contributed by atoms with E-state index in [0.29, 0.717) is 11.5 Å². The monoisotopic (exact) mass is 341 g/mol. The smallest absolute Gasteiger partial charge is 0.243 e. The maximum absolute atomic E-state index is 12.8. The Labute approximate surface area is 135 Å². The van der Waals surface area contributed by atoms with E-state index in [1.165, 1.54) is 42.0 Å². The number of thiophene rings is 1. The highest BCUT2D eigenvalue weighted by atomic mass is 32.2. The number of nitrogens with zero attached hydrogens (tertiary/aromatic N) is 1. The summed E-state index contributed by atoms with van der Waals surface area (Å²) in [5.74, 6) is 0.885. The van der Waals surface area contributed by atoms with Gasteiger partial charge < -0.3 is 9.47 Å². The zero-order valence-corrected chi connectivity index (χ0v) is 14.6. The van der Waals surface area contributed by atoms with Crippen molar-refractivity contribution in [3.63, 3.8) is 0 Å². The lowest BCUT2D eigenvalue weighted by atomic mass is 10.3. The maximum atomic E-state index is 12.8. The average molecular weight is 341 g/mol. The van der Waals surface area contributed by atoms with Crippen molar-refractivity contribution >= 4 is 21.4 Å². The van der Waals surface area contributed by atoms with Crippen LogP contribution in [0.25, 0.3) is 0 Å². The second-order valence-corrected chi connectivity index (χ2v) is 7.71. The lowest BCUT2D eigenvalue weighted by Crippen LogP contribution is -2.29. The van der Waals surface area contributed by atoms with Gasteiger partial charge in [0.1, 0.15) is 0 Å². The molecule has 7 heteroatoms. The summed E-state index contributed by atoms with van der Waals surface area (Å²) in [6, 6.07) is 8.19. The fraction of sp³-hybridized carbons (Fsp3) is 0.333. The molecule has 1 aromatic heterocycles. The minimum atomic E-state index is -3.62. The highest BCUT2D eigenvalue weighted by Crippen LogP contribution is 2.33. The molecule has 1 aromatic carbocycles. The van der Waals surface area contributed by atoms with Gasteiger partial charge in [-0.15, -0.1) is 11.3 Å². The molecular weight excluding hydrogens is 322 g/mol. The summed E-state index contributed by atoms with van der Waals surface area (Å²) in [5.41, 5.74) is 0. The van der Waals surface area contributed by atoms with Crippen LogP contribution in [0.15, 0.2) is 40.6 Å². The minimum absolute atomic E-state index is 0.177. The van der Waals surface area contributed by atoms with Crippen molar-refractivity contribution in [3.8, 4) is 11.5 Å². The zero-order chi connectivity index (χ0) is 16.3. The van der Waals surface area contributed by atoms with Crippen molar-refractivity contribution in [3.05, 3.63) is 40.6 Å². The normalized spacial score (nSPS) is 13.1. The molecule has 0 aliphatic carbocycles. The average Bonchev–Trinajstić information content (AvgIpc) is 3.06. The van der Waals surface area contributed by atoms with Crippen LogP contribution in [0.4, 0.5) is 0 Å². The molecule has 0 amide bonds. The minimum Gasteiger partial charge on any atom is -0.493 e. The van der Waals surface area contributed by atoms with Crippen molar-refractivity contribution in [1.82, 2.24) is 4.31 Å². The van der Waals surface area contributed by atoms with Crippen molar-refractivity contribution in [1.29, 1.82) is 0 Å². The standard InChI is InChI=1S/C15H19NO4S2/c1-11(15-6-5-9-21-15)16(2)22(17,18)12-7-8-13(19-3)14(10-12)20-4/h5-11H,1-4H3/t11-/m0/s1. The molecule has 2 aromatic rings. The Hall–Kier alpha value is -1.57. The quantitative estimate of drug-likeness (QED) is 0.810. The van der Waals surface area contributed by atoms with Crippen LogP contribution in [0.3, 0.4) is 0 Å². The molecule has 1 heterocycles. The molecule has 0 fully saturated rings.